The highest BCUT2D eigenvalue weighted by atomic mass is 15.3. The highest BCUT2D eigenvalue weighted by Crippen LogP contribution is 2.05. The number of hydrogen-bond donors (Lipinski definition) is 1. The van der Waals surface area contributed by atoms with Gasteiger partial charge in [0.25, 0.3) is 0 Å². The minimum Gasteiger partial charge on any atom is -0.357 e. The molecule has 0 radical (unpaired) electrons. The second-order valence-electron chi connectivity index (χ2n) is 2.87. The molecule has 1 heterocycles. The van der Waals surface area contributed by atoms with E-state index in [9.17, 15) is 0 Å². The zero-order valence-electron chi connectivity index (χ0n) is 7.91. The summed E-state index contributed by atoms with van der Waals surface area (Å²) in [7, 11) is 5.92. The molecule has 0 saturated heterocycles. The Balaban J connectivity index is 2.47. The molecule has 68 valence electrons. The van der Waals surface area contributed by atoms with E-state index >= 15 is 0 Å². The molecule has 0 spiro atoms. The van der Waals surface area contributed by atoms with Crippen molar-refractivity contribution in [1.29, 1.82) is 0 Å². The van der Waals surface area contributed by atoms with Gasteiger partial charge in [0.2, 0.25) is 0 Å². The van der Waals surface area contributed by atoms with Crippen molar-refractivity contribution in [3.8, 4) is 0 Å². The van der Waals surface area contributed by atoms with E-state index in [1.54, 1.807) is 0 Å². The van der Waals surface area contributed by atoms with E-state index in [0.717, 1.165) is 18.9 Å². The Hall–Kier alpha value is -1.03. The smallest absolute Gasteiger partial charge is 0.150 e. The molecular formula is C8H16N4. The van der Waals surface area contributed by atoms with E-state index in [1.807, 2.05) is 38.1 Å². The van der Waals surface area contributed by atoms with Crippen molar-refractivity contribution >= 4 is 5.82 Å². The summed E-state index contributed by atoms with van der Waals surface area (Å²) in [6, 6.07) is 2.01. The van der Waals surface area contributed by atoms with Crippen molar-refractivity contribution in [2.45, 2.75) is 0 Å². The predicted molar refractivity (Wildman–Crippen MR) is 50.4 cm³/mol. The first-order chi connectivity index (χ1) is 5.74. The molecule has 0 aliphatic heterocycles. The molecule has 0 amide bonds. The zero-order valence-corrected chi connectivity index (χ0v) is 7.91. The molecule has 1 rings (SSSR count). The average Bonchev–Trinajstić information content (AvgIpc) is 2.47. The first kappa shape index (κ1) is 9.06. The third-order valence-electron chi connectivity index (χ3n) is 1.79. The van der Waals surface area contributed by atoms with Gasteiger partial charge in [-0.15, -0.1) is 0 Å². The molecule has 0 fully saturated rings. The SMILES string of the molecule is CNCCN(C)c1ccn(C)n1. The van der Waals surface area contributed by atoms with Crippen LogP contribution in [-0.4, -0.2) is 37.0 Å². The van der Waals surface area contributed by atoms with Crippen molar-refractivity contribution in [2.24, 2.45) is 7.05 Å². The molecule has 0 bridgehead atoms. The summed E-state index contributed by atoms with van der Waals surface area (Å²) in [5.41, 5.74) is 0. The lowest BCUT2D eigenvalue weighted by molar-refractivity contribution is 0.730. The number of likely N-dealkylation sites (N-methyl/N-ethyl adjacent to an activating group) is 2. The Kier molecular flexibility index (Phi) is 3.10. The molecule has 0 atom stereocenters. The average molecular weight is 168 g/mol. The van der Waals surface area contributed by atoms with E-state index in [0.29, 0.717) is 0 Å². The molecule has 0 unspecified atom stereocenters. The number of aryl methyl sites for hydroxylation is 1. The maximum Gasteiger partial charge on any atom is 0.150 e. The maximum atomic E-state index is 4.28. The Morgan fingerprint density at radius 3 is 2.92 bits per heavy atom. The van der Waals surface area contributed by atoms with Gasteiger partial charge in [0.05, 0.1) is 0 Å². The molecule has 4 nitrogen and oxygen atoms in total. The quantitative estimate of drug-likeness (QED) is 0.691. The highest BCUT2D eigenvalue weighted by molar-refractivity contribution is 5.35. The first-order valence-electron chi connectivity index (χ1n) is 4.09. The fourth-order valence-corrected chi connectivity index (χ4v) is 1.00. The van der Waals surface area contributed by atoms with Gasteiger partial charge in [-0.25, -0.2) is 0 Å². The molecule has 0 saturated carbocycles. The third-order valence-corrected chi connectivity index (χ3v) is 1.79. The van der Waals surface area contributed by atoms with Gasteiger partial charge in [-0.3, -0.25) is 4.68 Å². The van der Waals surface area contributed by atoms with Crippen LogP contribution in [0.2, 0.25) is 0 Å². The second kappa shape index (κ2) is 4.11. The number of nitrogens with zero attached hydrogens (tertiary/aromatic N) is 3. The van der Waals surface area contributed by atoms with E-state index < -0.39 is 0 Å². The van der Waals surface area contributed by atoms with Crippen LogP contribution in [0.4, 0.5) is 5.82 Å². The molecule has 12 heavy (non-hydrogen) atoms. The summed E-state index contributed by atoms with van der Waals surface area (Å²) < 4.78 is 1.81. The number of aromatic nitrogens is 2. The Labute approximate surface area is 73.2 Å². The zero-order chi connectivity index (χ0) is 8.97. The molecule has 0 aliphatic rings. The largest absolute Gasteiger partial charge is 0.357 e. The fourth-order valence-electron chi connectivity index (χ4n) is 1.00. The summed E-state index contributed by atoms with van der Waals surface area (Å²) in [4.78, 5) is 2.12. The minimum atomic E-state index is 0.979. The van der Waals surface area contributed by atoms with Crippen LogP contribution in [0.15, 0.2) is 12.3 Å². The Morgan fingerprint density at radius 1 is 1.67 bits per heavy atom. The topological polar surface area (TPSA) is 33.1 Å². The standard InChI is InChI=1S/C8H16N4/c1-9-5-7-11(2)8-4-6-12(3)10-8/h4,6,9H,5,7H2,1-3H3. The van der Waals surface area contributed by atoms with Gasteiger partial charge < -0.3 is 10.2 Å². The summed E-state index contributed by atoms with van der Waals surface area (Å²) in [5.74, 6) is 1.02. The van der Waals surface area contributed by atoms with Crippen molar-refractivity contribution in [1.82, 2.24) is 15.1 Å². The lowest BCUT2D eigenvalue weighted by Crippen LogP contribution is -2.27. The van der Waals surface area contributed by atoms with Crippen molar-refractivity contribution < 1.29 is 0 Å². The summed E-state index contributed by atoms with van der Waals surface area (Å²) in [6.07, 6.45) is 1.95. The highest BCUT2D eigenvalue weighted by Gasteiger charge is 2.01. The van der Waals surface area contributed by atoms with Crippen LogP contribution in [-0.2, 0) is 7.05 Å². The first-order valence-corrected chi connectivity index (χ1v) is 4.09. The van der Waals surface area contributed by atoms with Crippen LogP contribution in [0.25, 0.3) is 0 Å². The number of anilines is 1. The van der Waals surface area contributed by atoms with Gasteiger partial charge in [0.1, 0.15) is 5.82 Å². The molecular weight excluding hydrogens is 152 g/mol. The monoisotopic (exact) mass is 168 g/mol. The van der Waals surface area contributed by atoms with Gasteiger partial charge >= 0.3 is 0 Å². The lowest BCUT2D eigenvalue weighted by Gasteiger charge is -2.15. The summed E-state index contributed by atoms with van der Waals surface area (Å²) in [5, 5.41) is 7.38. The molecule has 1 aromatic rings. The Bertz CT molecular complexity index is 231. The van der Waals surface area contributed by atoms with Gasteiger partial charge in [0, 0.05) is 39.4 Å². The van der Waals surface area contributed by atoms with Crippen LogP contribution in [0, 0.1) is 0 Å². The van der Waals surface area contributed by atoms with Crippen LogP contribution in [0.3, 0.4) is 0 Å². The van der Waals surface area contributed by atoms with Crippen LogP contribution < -0.4 is 10.2 Å². The molecule has 0 aromatic carbocycles. The van der Waals surface area contributed by atoms with Gasteiger partial charge in [-0.1, -0.05) is 0 Å². The van der Waals surface area contributed by atoms with Crippen molar-refractivity contribution in [2.75, 3.05) is 32.1 Å². The minimum absolute atomic E-state index is 0.979. The van der Waals surface area contributed by atoms with Gasteiger partial charge in [0.15, 0.2) is 0 Å². The van der Waals surface area contributed by atoms with E-state index in [4.69, 9.17) is 0 Å². The summed E-state index contributed by atoms with van der Waals surface area (Å²) >= 11 is 0. The predicted octanol–water partition coefficient (Wildman–Crippen LogP) is 0.0757. The molecule has 1 N–H and O–H groups in total. The van der Waals surface area contributed by atoms with E-state index in [1.165, 1.54) is 0 Å². The fraction of sp³-hybridized carbons (Fsp3) is 0.625. The Morgan fingerprint density at radius 2 is 2.42 bits per heavy atom. The lowest BCUT2D eigenvalue weighted by atomic mass is 10.5. The van der Waals surface area contributed by atoms with Gasteiger partial charge in [-0.05, 0) is 7.05 Å². The van der Waals surface area contributed by atoms with E-state index in [-0.39, 0.29) is 0 Å². The molecule has 4 heteroatoms. The van der Waals surface area contributed by atoms with Crippen LogP contribution in [0.1, 0.15) is 0 Å². The summed E-state index contributed by atoms with van der Waals surface area (Å²) in [6.45, 7) is 1.96. The van der Waals surface area contributed by atoms with Crippen LogP contribution >= 0.6 is 0 Å². The number of rotatable bonds is 4. The van der Waals surface area contributed by atoms with Crippen LogP contribution in [0.5, 0.6) is 0 Å². The normalized spacial score (nSPS) is 10.2. The number of nitrogens with one attached hydrogen (secondary N) is 1. The third kappa shape index (κ3) is 2.23. The van der Waals surface area contributed by atoms with Gasteiger partial charge in [-0.2, -0.15) is 5.10 Å². The van der Waals surface area contributed by atoms with Crippen molar-refractivity contribution in [3.63, 3.8) is 0 Å². The second-order valence-corrected chi connectivity index (χ2v) is 2.87. The van der Waals surface area contributed by atoms with Crippen molar-refractivity contribution in [3.05, 3.63) is 12.3 Å². The molecule has 1 aromatic heterocycles. The number of hydrogen-bond acceptors (Lipinski definition) is 3. The maximum absolute atomic E-state index is 4.28. The van der Waals surface area contributed by atoms with E-state index in [2.05, 4.69) is 15.3 Å². The molecule has 0 aliphatic carbocycles.